The highest BCUT2D eigenvalue weighted by molar-refractivity contribution is 5.87. The van der Waals surface area contributed by atoms with Gasteiger partial charge in [0.2, 0.25) is 5.91 Å². The van der Waals surface area contributed by atoms with Crippen LogP contribution in [0.3, 0.4) is 0 Å². The molecule has 0 radical (unpaired) electrons. The van der Waals surface area contributed by atoms with Gasteiger partial charge in [0.05, 0.1) is 29.2 Å². The fourth-order valence-electron chi connectivity index (χ4n) is 3.72. The van der Waals surface area contributed by atoms with Gasteiger partial charge in [-0.2, -0.15) is 5.26 Å². The molecule has 1 atom stereocenters. The van der Waals surface area contributed by atoms with Crippen molar-refractivity contribution in [1.82, 2.24) is 15.3 Å². The van der Waals surface area contributed by atoms with Crippen LogP contribution in [0.25, 0.3) is 10.9 Å². The molecule has 0 unspecified atom stereocenters. The third-order valence-corrected chi connectivity index (χ3v) is 5.24. The molecule has 6 nitrogen and oxygen atoms in total. The highest BCUT2D eigenvalue weighted by atomic mass is 19.1. The standard InChI is InChI=1S/C22H18F2N4O2.2H2/c1-11(21-16(24)7-12(9-25)10-26-21)27-18(29)8-14-19(13-5-6-13)20-15(23)3-2-4-17(20)28-22(14)30;;/h2-4,7,10-11,13H,5-6,8H2,1H3,(H,27,29)(H,28,30);2*1H/t11-;;/m1../s1. The lowest BCUT2D eigenvalue weighted by Gasteiger charge is -2.16. The molecule has 1 saturated carbocycles. The fraction of sp³-hybridized carbons (Fsp3) is 0.273. The summed E-state index contributed by atoms with van der Waals surface area (Å²) >= 11 is 0. The molecule has 2 N–H and O–H groups in total. The number of amides is 1. The Morgan fingerprint density at radius 1 is 1.40 bits per heavy atom. The average molecular weight is 412 g/mol. The first-order valence-corrected chi connectivity index (χ1v) is 9.57. The van der Waals surface area contributed by atoms with Gasteiger partial charge in [-0.3, -0.25) is 14.6 Å². The first kappa shape index (κ1) is 19.7. The summed E-state index contributed by atoms with van der Waals surface area (Å²) in [5.74, 6) is -1.60. The number of rotatable bonds is 5. The van der Waals surface area contributed by atoms with Crippen LogP contribution in [0.1, 0.15) is 57.0 Å². The SMILES string of the molecule is C[C@@H](NC(=O)Cc1c(C2CC2)c2c(F)cccc2[nH]c1=O)c1ncc(C#N)cc1F.[HH].[HH]. The highest BCUT2D eigenvalue weighted by Gasteiger charge is 2.31. The van der Waals surface area contributed by atoms with Gasteiger partial charge in [-0.05, 0) is 49.4 Å². The number of H-pyrrole nitrogens is 1. The largest absolute Gasteiger partial charge is 0.348 e. The molecule has 1 aliphatic rings. The molecular formula is C22H22F2N4O2. The molecule has 3 aromatic rings. The van der Waals surface area contributed by atoms with Gasteiger partial charge in [0.25, 0.3) is 5.56 Å². The Morgan fingerprint density at radius 3 is 2.83 bits per heavy atom. The van der Waals surface area contributed by atoms with Crippen molar-refractivity contribution in [2.75, 3.05) is 0 Å². The second-order valence-electron chi connectivity index (χ2n) is 7.45. The quantitative estimate of drug-likeness (QED) is 0.665. The van der Waals surface area contributed by atoms with E-state index >= 15 is 0 Å². The zero-order valence-electron chi connectivity index (χ0n) is 16.1. The lowest BCUT2D eigenvalue weighted by molar-refractivity contribution is -0.121. The van der Waals surface area contributed by atoms with E-state index in [1.54, 1.807) is 19.1 Å². The number of nitriles is 1. The number of nitrogens with zero attached hydrogens (tertiary/aromatic N) is 2. The molecule has 8 heteroatoms. The molecule has 0 saturated heterocycles. The number of aromatic amines is 1. The average Bonchev–Trinajstić information content (AvgIpc) is 3.53. The van der Waals surface area contributed by atoms with Crippen LogP contribution in [0.4, 0.5) is 8.78 Å². The van der Waals surface area contributed by atoms with Gasteiger partial charge in [0.1, 0.15) is 17.7 Å². The number of benzene rings is 1. The summed E-state index contributed by atoms with van der Waals surface area (Å²) in [5.41, 5.74) is 0.853. The molecule has 0 spiro atoms. The summed E-state index contributed by atoms with van der Waals surface area (Å²) < 4.78 is 28.7. The van der Waals surface area contributed by atoms with E-state index in [2.05, 4.69) is 15.3 Å². The van der Waals surface area contributed by atoms with Crippen molar-refractivity contribution in [2.45, 2.75) is 38.1 Å². The lowest BCUT2D eigenvalue weighted by Crippen LogP contribution is -2.31. The topological polar surface area (TPSA) is 98.6 Å². The zero-order valence-corrected chi connectivity index (χ0v) is 16.1. The number of pyridine rings is 2. The maximum atomic E-state index is 14.5. The minimum Gasteiger partial charge on any atom is -0.348 e. The number of fused-ring (bicyclic) bond motifs is 1. The van der Waals surface area contributed by atoms with Crippen molar-refractivity contribution < 1.29 is 16.4 Å². The Kier molecular flexibility index (Phi) is 5.04. The number of hydrogen-bond donors (Lipinski definition) is 2. The Labute approximate surface area is 173 Å². The summed E-state index contributed by atoms with van der Waals surface area (Å²) in [5, 5.41) is 11.8. The molecule has 1 aromatic carbocycles. The predicted octanol–water partition coefficient (Wildman–Crippen LogP) is 3.86. The third kappa shape index (κ3) is 3.66. The van der Waals surface area contributed by atoms with Crippen molar-refractivity contribution >= 4 is 16.8 Å². The molecule has 1 fully saturated rings. The highest BCUT2D eigenvalue weighted by Crippen LogP contribution is 2.44. The van der Waals surface area contributed by atoms with Gasteiger partial charge in [-0.15, -0.1) is 0 Å². The Bertz CT molecular complexity index is 1270. The monoisotopic (exact) mass is 412 g/mol. The first-order valence-electron chi connectivity index (χ1n) is 9.57. The van der Waals surface area contributed by atoms with Crippen LogP contribution >= 0.6 is 0 Å². The van der Waals surface area contributed by atoms with Crippen LogP contribution in [-0.4, -0.2) is 15.9 Å². The van der Waals surface area contributed by atoms with Crippen LogP contribution < -0.4 is 10.9 Å². The van der Waals surface area contributed by atoms with Crippen LogP contribution in [0, 0.1) is 23.0 Å². The van der Waals surface area contributed by atoms with Crippen LogP contribution in [0.15, 0.2) is 35.3 Å². The molecule has 4 rings (SSSR count). The number of nitrogens with one attached hydrogen (secondary N) is 2. The van der Waals surface area contributed by atoms with E-state index in [1.165, 1.54) is 18.3 Å². The summed E-state index contributed by atoms with van der Waals surface area (Å²) in [6, 6.07) is 6.57. The second kappa shape index (κ2) is 7.67. The molecule has 1 amide bonds. The van der Waals surface area contributed by atoms with Crippen molar-refractivity contribution in [3.05, 3.63) is 74.8 Å². The molecule has 30 heavy (non-hydrogen) atoms. The number of hydrogen-bond acceptors (Lipinski definition) is 4. The summed E-state index contributed by atoms with van der Waals surface area (Å²) in [4.78, 5) is 31.9. The summed E-state index contributed by atoms with van der Waals surface area (Å²) in [6.45, 7) is 1.56. The van der Waals surface area contributed by atoms with E-state index in [0.29, 0.717) is 16.5 Å². The van der Waals surface area contributed by atoms with Crippen molar-refractivity contribution in [1.29, 1.82) is 5.26 Å². The van der Waals surface area contributed by atoms with E-state index in [-0.39, 0.29) is 32.0 Å². The molecule has 2 heterocycles. The lowest BCUT2D eigenvalue weighted by atomic mass is 9.96. The van der Waals surface area contributed by atoms with Crippen molar-refractivity contribution in [3.8, 4) is 6.07 Å². The molecule has 1 aliphatic carbocycles. The third-order valence-electron chi connectivity index (χ3n) is 5.24. The summed E-state index contributed by atoms with van der Waals surface area (Å²) in [6.07, 6.45) is 2.63. The maximum absolute atomic E-state index is 14.5. The van der Waals surface area contributed by atoms with E-state index in [1.807, 2.05) is 0 Å². The normalized spacial score (nSPS) is 14.3. The van der Waals surface area contributed by atoms with E-state index in [9.17, 15) is 18.4 Å². The molecule has 0 aliphatic heterocycles. The second-order valence-corrected chi connectivity index (χ2v) is 7.45. The Hall–Kier alpha value is -3.60. The Balaban J connectivity index is 0.00000181. The van der Waals surface area contributed by atoms with Crippen molar-refractivity contribution in [3.63, 3.8) is 0 Å². The minimum atomic E-state index is -0.772. The van der Waals surface area contributed by atoms with Gasteiger partial charge in [-0.25, -0.2) is 8.78 Å². The first-order chi connectivity index (χ1) is 14.4. The maximum Gasteiger partial charge on any atom is 0.252 e. The van der Waals surface area contributed by atoms with Gasteiger partial charge in [-0.1, -0.05) is 6.07 Å². The molecule has 156 valence electrons. The van der Waals surface area contributed by atoms with Gasteiger partial charge < -0.3 is 10.3 Å². The number of halogens is 2. The molecule has 2 aromatic heterocycles. The van der Waals surface area contributed by atoms with Gasteiger partial charge in [0.15, 0.2) is 0 Å². The Morgan fingerprint density at radius 2 is 2.17 bits per heavy atom. The number of carbonyl (C=O) groups excluding carboxylic acids is 1. The predicted molar refractivity (Wildman–Crippen MR) is 110 cm³/mol. The summed E-state index contributed by atoms with van der Waals surface area (Å²) in [7, 11) is 0. The van der Waals surface area contributed by atoms with Gasteiger partial charge >= 0.3 is 0 Å². The number of aromatic nitrogens is 2. The molecule has 0 bridgehead atoms. The smallest absolute Gasteiger partial charge is 0.252 e. The van der Waals surface area contributed by atoms with Crippen LogP contribution in [0.5, 0.6) is 0 Å². The zero-order chi connectivity index (χ0) is 21.4. The van der Waals surface area contributed by atoms with E-state index < -0.39 is 29.1 Å². The van der Waals surface area contributed by atoms with Gasteiger partial charge in [0, 0.05) is 20.0 Å². The molecular weight excluding hydrogens is 390 g/mol. The van der Waals surface area contributed by atoms with E-state index in [0.717, 1.165) is 18.9 Å². The van der Waals surface area contributed by atoms with Crippen molar-refractivity contribution in [2.24, 2.45) is 0 Å². The van der Waals surface area contributed by atoms with E-state index in [4.69, 9.17) is 5.26 Å². The van der Waals surface area contributed by atoms with Crippen LogP contribution in [-0.2, 0) is 11.2 Å². The fourth-order valence-corrected chi connectivity index (χ4v) is 3.72. The number of carbonyl (C=O) groups is 1. The minimum absolute atomic E-state index is 0. The van der Waals surface area contributed by atoms with Crippen LogP contribution in [0.2, 0.25) is 0 Å².